The largest absolute Gasteiger partial charge is 2.00 e. The third kappa shape index (κ3) is 19.5. The smallest absolute Gasteiger partial charge is 1.00 e. The molecule has 4 aromatic carbocycles. The van der Waals surface area contributed by atoms with Crippen LogP contribution >= 0.6 is 15.8 Å². The van der Waals surface area contributed by atoms with Crippen molar-refractivity contribution in [3.63, 3.8) is 0 Å². The Morgan fingerprint density at radius 2 is 0.833 bits per heavy atom. The summed E-state index contributed by atoms with van der Waals surface area (Å²) in [5.41, 5.74) is 6.14. The summed E-state index contributed by atoms with van der Waals surface area (Å²) in [6.07, 6.45) is 27.8. The summed E-state index contributed by atoms with van der Waals surface area (Å²) in [6.45, 7) is 28.0. The normalized spacial score (nSPS) is 16.4. The maximum absolute atomic E-state index is 3.35. The maximum Gasteiger partial charge on any atom is 2.00 e. The standard InChI is InChI=1S/2C17H24P.2C10H15.2ClH.2Zr/c2*1-5-13(3)18(14(4)6-2)17-11-15-9-7-8-10-16(15)12-17;2*1-3-6-9(2)10-7-4-5-8-10;;;;/h2*7-14H,5-6H2,1-4H3;2*4,7,9H,3,5-6H2,1-2H3;2*1H;;/q4*-1;;;2*+2/p-2. The number of benzene rings is 2. The molecule has 0 spiro atoms. The second-order valence-electron chi connectivity index (χ2n) is 16.4. The Bertz CT molecular complexity index is 1600. The SMILES string of the molecule is CCC(C)P(c1cc2ccccc2[cH-]1)C(C)CC.CCC(C)P(c1cc2ccccc2[cH-]1)C(C)CC.CCCC(C)C1=[C-]CC=C1.CCCC(C)C1=[C-]CC=C1.[Cl-].[Cl-].[Zr+2].[Zr+2]. The van der Waals surface area contributed by atoms with Crippen molar-refractivity contribution in [1.29, 1.82) is 0 Å². The van der Waals surface area contributed by atoms with Crippen molar-refractivity contribution in [2.24, 2.45) is 11.8 Å². The molecule has 0 heterocycles. The van der Waals surface area contributed by atoms with Crippen LogP contribution in [0.2, 0.25) is 0 Å². The van der Waals surface area contributed by atoms with Gasteiger partial charge in [-0.25, -0.2) is 23.3 Å². The van der Waals surface area contributed by atoms with E-state index in [4.69, 9.17) is 0 Å². The van der Waals surface area contributed by atoms with Gasteiger partial charge in [0.05, 0.1) is 0 Å². The molecule has 0 saturated heterocycles. The average Bonchev–Trinajstić information content (AvgIpc) is 4.06. The van der Waals surface area contributed by atoms with Gasteiger partial charge in [-0.2, -0.15) is 24.3 Å². The van der Waals surface area contributed by atoms with Crippen LogP contribution in [0, 0.1) is 24.0 Å². The molecule has 0 fully saturated rings. The van der Waals surface area contributed by atoms with Crippen LogP contribution in [0.3, 0.4) is 0 Å². The van der Waals surface area contributed by atoms with Gasteiger partial charge in [-0.3, -0.25) is 12.2 Å². The molecule has 2 aliphatic rings. The summed E-state index contributed by atoms with van der Waals surface area (Å²) in [7, 11) is -0.0504. The molecule has 4 aromatic rings. The number of hydrogen-bond acceptors (Lipinski definition) is 0. The van der Waals surface area contributed by atoms with Crippen LogP contribution in [-0.4, -0.2) is 22.6 Å². The van der Waals surface area contributed by atoms with Crippen LogP contribution in [0.1, 0.15) is 147 Å². The molecule has 0 saturated carbocycles. The monoisotopic (exact) mass is 1040 g/mol. The van der Waals surface area contributed by atoms with E-state index >= 15 is 0 Å². The summed E-state index contributed by atoms with van der Waals surface area (Å²) >= 11 is 0. The molecule has 0 bridgehead atoms. The summed E-state index contributed by atoms with van der Waals surface area (Å²) < 4.78 is 0. The Kier molecular flexibility index (Phi) is 35.3. The van der Waals surface area contributed by atoms with E-state index < -0.39 is 0 Å². The molecule has 0 aromatic heterocycles. The van der Waals surface area contributed by atoms with Crippen molar-refractivity contribution in [3.05, 3.63) is 120 Å². The molecule has 0 amide bonds. The minimum Gasteiger partial charge on any atom is -1.00 e. The zero-order valence-electron chi connectivity index (χ0n) is 39.4. The van der Waals surface area contributed by atoms with Crippen molar-refractivity contribution >= 4 is 48.0 Å². The van der Waals surface area contributed by atoms with Gasteiger partial charge in [0.2, 0.25) is 0 Å². The molecule has 60 heavy (non-hydrogen) atoms. The molecule has 6 heteroatoms. The molecule has 0 N–H and O–H groups in total. The van der Waals surface area contributed by atoms with Crippen LogP contribution in [0.25, 0.3) is 21.5 Å². The minimum atomic E-state index is -0.0252. The van der Waals surface area contributed by atoms with Crippen molar-refractivity contribution in [3.8, 4) is 0 Å². The Hall–Kier alpha value is -0.174. The van der Waals surface area contributed by atoms with Gasteiger partial charge < -0.3 is 24.8 Å². The Labute approximate surface area is 423 Å². The van der Waals surface area contributed by atoms with Gasteiger partial charge in [-0.05, 0) is 61.2 Å². The predicted octanol–water partition coefficient (Wildman–Crippen LogP) is 10.8. The van der Waals surface area contributed by atoms with Crippen LogP contribution in [-0.2, 0) is 52.4 Å². The van der Waals surface area contributed by atoms with Crippen LogP contribution in [0.15, 0.2) is 108 Å². The minimum absolute atomic E-state index is 0. The zero-order valence-corrected chi connectivity index (χ0v) is 47.6. The van der Waals surface area contributed by atoms with Crippen molar-refractivity contribution in [1.82, 2.24) is 0 Å². The van der Waals surface area contributed by atoms with E-state index in [2.05, 4.69) is 192 Å². The number of halogens is 2. The van der Waals surface area contributed by atoms with E-state index in [1.165, 1.54) is 84.1 Å². The Morgan fingerprint density at radius 3 is 1.08 bits per heavy atom. The molecule has 0 radical (unpaired) electrons. The summed E-state index contributed by atoms with van der Waals surface area (Å²) in [4.78, 5) is 0. The Balaban J connectivity index is 0. The van der Waals surface area contributed by atoms with Crippen LogP contribution in [0.4, 0.5) is 0 Å². The Morgan fingerprint density at radius 1 is 0.517 bits per heavy atom. The van der Waals surface area contributed by atoms with E-state index in [0.717, 1.165) is 47.3 Å². The number of rotatable bonds is 16. The van der Waals surface area contributed by atoms with Crippen molar-refractivity contribution in [2.75, 3.05) is 0 Å². The van der Waals surface area contributed by atoms with Gasteiger partial charge >= 0.3 is 52.4 Å². The van der Waals surface area contributed by atoms with E-state index in [-0.39, 0.29) is 93.1 Å². The summed E-state index contributed by atoms with van der Waals surface area (Å²) in [5.74, 6) is 1.45. The molecular formula is C54H78Cl2P2Zr2-2. The first-order valence-electron chi connectivity index (χ1n) is 22.4. The third-order valence-electron chi connectivity index (χ3n) is 12.0. The predicted molar refractivity (Wildman–Crippen MR) is 260 cm³/mol. The molecule has 6 atom stereocenters. The van der Waals surface area contributed by atoms with Gasteiger partial charge in [0, 0.05) is 0 Å². The molecule has 328 valence electrons. The molecule has 2 aliphatic carbocycles. The summed E-state index contributed by atoms with van der Waals surface area (Å²) in [5, 5.41) is 8.85. The first-order valence-corrected chi connectivity index (χ1v) is 25.4. The van der Waals surface area contributed by atoms with E-state index in [1.54, 1.807) is 10.6 Å². The fourth-order valence-electron chi connectivity index (χ4n) is 7.94. The van der Waals surface area contributed by atoms with Gasteiger partial charge in [0.15, 0.2) is 0 Å². The topological polar surface area (TPSA) is 0 Å². The van der Waals surface area contributed by atoms with Crippen molar-refractivity contribution in [2.45, 2.75) is 170 Å². The van der Waals surface area contributed by atoms with Crippen LogP contribution in [0.5, 0.6) is 0 Å². The van der Waals surface area contributed by atoms with Gasteiger partial charge in [-0.15, -0.1) is 93.5 Å². The second-order valence-corrected chi connectivity index (χ2v) is 22.6. The zero-order chi connectivity index (χ0) is 41.0. The number of hydrogen-bond donors (Lipinski definition) is 0. The van der Waals surface area contributed by atoms with Crippen molar-refractivity contribution < 1.29 is 77.2 Å². The van der Waals surface area contributed by atoms with E-state index in [0.29, 0.717) is 0 Å². The quantitative estimate of drug-likeness (QED) is 0.0775. The number of allylic oxidation sites excluding steroid dienone is 8. The fourth-order valence-corrected chi connectivity index (χ4v) is 14.4. The van der Waals surface area contributed by atoms with E-state index in [1.807, 2.05) is 0 Å². The molecule has 6 rings (SSSR count). The molecular weight excluding hydrogens is 964 g/mol. The first kappa shape index (κ1) is 61.9. The van der Waals surface area contributed by atoms with E-state index in [9.17, 15) is 0 Å². The third-order valence-corrected chi connectivity index (χ3v) is 19.0. The second kappa shape index (κ2) is 34.2. The average molecular weight is 1040 g/mol. The first-order chi connectivity index (χ1) is 27.0. The van der Waals surface area contributed by atoms with Gasteiger partial charge in [0.1, 0.15) is 0 Å². The molecule has 6 unspecified atom stereocenters. The van der Waals surface area contributed by atoms with Gasteiger partial charge in [-0.1, -0.05) is 136 Å². The van der Waals surface area contributed by atoms with Crippen LogP contribution < -0.4 is 35.4 Å². The maximum atomic E-state index is 3.35. The van der Waals surface area contributed by atoms with Gasteiger partial charge in [0.25, 0.3) is 0 Å². The molecule has 0 nitrogen and oxygen atoms in total. The fraction of sp³-hybridized carbons (Fsp3) is 0.519. The molecule has 0 aliphatic heterocycles. The number of fused-ring (bicyclic) bond motifs is 2. The summed E-state index contributed by atoms with van der Waals surface area (Å²) in [6, 6.07) is 27.2.